The van der Waals surface area contributed by atoms with Gasteiger partial charge in [0.1, 0.15) is 5.75 Å². The van der Waals surface area contributed by atoms with Crippen LogP contribution in [-0.4, -0.2) is 38.4 Å². The second-order valence-corrected chi connectivity index (χ2v) is 7.30. The number of nitrogens with one attached hydrogen (secondary N) is 2. The fraction of sp³-hybridized carbons (Fsp3) is 0.273. The van der Waals surface area contributed by atoms with Gasteiger partial charge >= 0.3 is 6.03 Å². The van der Waals surface area contributed by atoms with Gasteiger partial charge < -0.3 is 15.7 Å². The van der Waals surface area contributed by atoms with Crippen molar-refractivity contribution in [3.63, 3.8) is 0 Å². The molecule has 2 heterocycles. The van der Waals surface area contributed by atoms with Gasteiger partial charge in [-0.25, -0.2) is 4.79 Å². The third kappa shape index (κ3) is 4.17. The molecule has 4 rings (SSSR count). The Morgan fingerprint density at radius 2 is 2.07 bits per heavy atom. The Bertz CT molecular complexity index is 1070. The van der Waals surface area contributed by atoms with E-state index in [2.05, 4.69) is 20.7 Å². The zero-order valence-corrected chi connectivity index (χ0v) is 16.6. The number of pyridine rings is 1. The highest BCUT2D eigenvalue weighted by Crippen LogP contribution is 2.42. The maximum Gasteiger partial charge on any atom is 0.342 e. The minimum absolute atomic E-state index is 0.0235. The van der Waals surface area contributed by atoms with Crippen molar-refractivity contribution >= 4 is 17.6 Å². The Balaban J connectivity index is 1.63. The molecule has 1 aliphatic carbocycles. The molecule has 1 saturated carbocycles. The number of hydrogen-bond acceptors (Lipinski definition) is 5. The average Bonchev–Trinajstić information content (AvgIpc) is 3.52. The highest BCUT2D eigenvalue weighted by Gasteiger charge is 2.30. The molecule has 8 heteroatoms. The van der Waals surface area contributed by atoms with Gasteiger partial charge in [-0.1, -0.05) is 6.92 Å². The predicted octanol–water partition coefficient (Wildman–Crippen LogP) is 3.75. The van der Waals surface area contributed by atoms with Crippen molar-refractivity contribution in [1.29, 1.82) is 0 Å². The topological polar surface area (TPSA) is 109 Å². The number of carbonyl (C=O) groups excluding carboxylic acids is 2. The van der Waals surface area contributed by atoms with Gasteiger partial charge in [-0.2, -0.15) is 9.78 Å². The standard InChI is InChI=1S/C22H23N5O3/c1-2-9-24-22(30)27-19(14-5-6-14)12-18(26-27)17-11-16(7-8-20(17)28)25-21(29)15-4-3-10-23-13-15/h3-4,7-8,10-14,28H,2,5-6,9H2,1H3,(H,24,30)(H,25,29). The van der Waals surface area contributed by atoms with Gasteiger partial charge in [0.25, 0.3) is 5.91 Å². The lowest BCUT2D eigenvalue weighted by atomic mass is 10.1. The molecule has 0 aliphatic heterocycles. The zero-order chi connectivity index (χ0) is 21.1. The third-order valence-corrected chi connectivity index (χ3v) is 4.91. The molecule has 2 aromatic heterocycles. The summed E-state index contributed by atoms with van der Waals surface area (Å²) in [6, 6.07) is 9.68. The monoisotopic (exact) mass is 405 g/mol. The van der Waals surface area contributed by atoms with E-state index in [1.807, 2.05) is 13.0 Å². The minimum atomic E-state index is -0.303. The van der Waals surface area contributed by atoms with E-state index in [0.717, 1.165) is 25.0 Å². The van der Waals surface area contributed by atoms with Crippen molar-refractivity contribution in [2.75, 3.05) is 11.9 Å². The predicted molar refractivity (Wildman–Crippen MR) is 113 cm³/mol. The molecular weight excluding hydrogens is 382 g/mol. The summed E-state index contributed by atoms with van der Waals surface area (Å²) in [4.78, 5) is 28.9. The molecule has 3 N–H and O–H groups in total. The normalized spacial score (nSPS) is 13.1. The highest BCUT2D eigenvalue weighted by atomic mass is 16.3. The average molecular weight is 405 g/mol. The second kappa shape index (κ2) is 8.36. The molecule has 1 aliphatic rings. The van der Waals surface area contributed by atoms with Gasteiger partial charge in [0.15, 0.2) is 0 Å². The second-order valence-electron chi connectivity index (χ2n) is 7.30. The van der Waals surface area contributed by atoms with Gasteiger partial charge in [-0.15, -0.1) is 0 Å². The number of phenolic OH excluding ortho intramolecular Hbond substituents is 1. The molecule has 3 aromatic rings. The first-order valence-corrected chi connectivity index (χ1v) is 9.99. The summed E-state index contributed by atoms with van der Waals surface area (Å²) >= 11 is 0. The molecule has 30 heavy (non-hydrogen) atoms. The van der Waals surface area contributed by atoms with Crippen LogP contribution >= 0.6 is 0 Å². The van der Waals surface area contributed by atoms with Gasteiger partial charge in [0, 0.05) is 36.1 Å². The summed E-state index contributed by atoms with van der Waals surface area (Å²) in [7, 11) is 0. The number of rotatable bonds is 6. The van der Waals surface area contributed by atoms with E-state index in [4.69, 9.17) is 0 Å². The van der Waals surface area contributed by atoms with E-state index < -0.39 is 0 Å². The number of anilines is 1. The third-order valence-electron chi connectivity index (χ3n) is 4.91. The number of phenols is 1. The van der Waals surface area contributed by atoms with Gasteiger partial charge in [0.05, 0.1) is 17.0 Å². The van der Waals surface area contributed by atoms with Crippen molar-refractivity contribution in [3.05, 3.63) is 60.0 Å². The van der Waals surface area contributed by atoms with E-state index in [1.165, 1.54) is 16.9 Å². The first kappa shape index (κ1) is 19.6. The first-order valence-electron chi connectivity index (χ1n) is 9.99. The SMILES string of the molecule is CCCNC(=O)n1nc(-c2cc(NC(=O)c3cccnc3)ccc2O)cc1C1CC1. The summed E-state index contributed by atoms with van der Waals surface area (Å²) in [6.07, 6.45) is 5.94. The van der Waals surface area contributed by atoms with Crippen LogP contribution in [0.25, 0.3) is 11.3 Å². The zero-order valence-electron chi connectivity index (χ0n) is 16.6. The van der Waals surface area contributed by atoms with Crippen LogP contribution in [0.4, 0.5) is 10.5 Å². The van der Waals surface area contributed by atoms with Crippen LogP contribution in [0.1, 0.15) is 48.2 Å². The van der Waals surface area contributed by atoms with Crippen molar-refractivity contribution in [1.82, 2.24) is 20.1 Å². The van der Waals surface area contributed by atoms with Crippen LogP contribution in [0.15, 0.2) is 48.8 Å². The maximum atomic E-state index is 12.5. The molecule has 0 spiro atoms. The van der Waals surface area contributed by atoms with E-state index >= 15 is 0 Å². The molecule has 0 bridgehead atoms. The number of carbonyl (C=O) groups is 2. The molecule has 8 nitrogen and oxygen atoms in total. The Labute approximate surface area is 174 Å². The van der Waals surface area contributed by atoms with E-state index in [0.29, 0.717) is 35.0 Å². The summed E-state index contributed by atoms with van der Waals surface area (Å²) in [5, 5.41) is 20.5. The van der Waals surface area contributed by atoms with Gasteiger partial charge in [-0.05, 0) is 55.7 Å². The molecule has 1 fully saturated rings. The molecule has 0 atom stereocenters. The quantitative estimate of drug-likeness (QED) is 0.541. The van der Waals surface area contributed by atoms with E-state index in [1.54, 1.807) is 30.5 Å². The Morgan fingerprint density at radius 1 is 1.23 bits per heavy atom. The summed E-state index contributed by atoms with van der Waals surface area (Å²) < 4.78 is 1.39. The lowest BCUT2D eigenvalue weighted by molar-refractivity contribution is 0.102. The lowest BCUT2D eigenvalue weighted by Crippen LogP contribution is -2.31. The maximum absolute atomic E-state index is 12.5. The van der Waals surface area contributed by atoms with Crippen molar-refractivity contribution in [3.8, 4) is 17.0 Å². The number of hydrogen-bond donors (Lipinski definition) is 3. The van der Waals surface area contributed by atoms with Crippen LogP contribution in [-0.2, 0) is 0 Å². The fourth-order valence-corrected chi connectivity index (χ4v) is 3.19. The fourth-order valence-electron chi connectivity index (χ4n) is 3.19. The molecule has 154 valence electrons. The number of aromatic hydroxyl groups is 1. The molecule has 1 aromatic carbocycles. The van der Waals surface area contributed by atoms with Crippen molar-refractivity contribution < 1.29 is 14.7 Å². The summed E-state index contributed by atoms with van der Waals surface area (Å²) in [5.74, 6) is 0.0208. The Morgan fingerprint density at radius 3 is 2.77 bits per heavy atom. The van der Waals surface area contributed by atoms with E-state index in [9.17, 15) is 14.7 Å². The number of nitrogens with zero attached hydrogens (tertiary/aromatic N) is 3. The molecule has 0 radical (unpaired) electrons. The molecule has 0 unspecified atom stereocenters. The van der Waals surface area contributed by atoms with Crippen LogP contribution in [0.2, 0.25) is 0 Å². The Kier molecular flexibility index (Phi) is 5.47. The minimum Gasteiger partial charge on any atom is -0.507 e. The smallest absolute Gasteiger partial charge is 0.342 e. The highest BCUT2D eigenvalue weighted by molar-refractivity contribution is 6.04. The van der Waals surface area contributed by atoms with Crippen LogP contribution < -0.4 is 10.6 Å². The lowest BCUT2D eigenvalue weighted by Gasteiger charge is -2.08. The van der Waals surface area contributed by atoms with E-state index in [-0.39, 0.29) is 17.7 Å². The summed E-state index contributed by atoms with van der Waals surface area (Å²) in [6.45, 7) is 2.55. The molecule has 0 saturated heterocycles. The molecular formula is C22H23N5O3. The van der Waals surface area contributed by atoms with Crippen LogP contribution in [0.5, 0.6) is 5.75 Å². The van der Waals surface area contributed by atoms with Crippen LogP contribution in [0, 0.1) is 0 Å². The van der Waals surface area contributed by atoms with Crippen molar-refractivity contribution in [2.24, 2.45) is 0 Å². The van der Waals surface area contributed by atoms with Gasteiger partial charge in [-0.3, -0.25) is 9.78 Å². The molecule has 2 amide bonds. The number of benzene rings is 1. The van der Waals surface area contributed by atoms with Crippen LogP contribution in [0.3, 0.4) is 0 Å². The Hall–Kier alpha value is -3.68. The first-order chi connectivity index (χ1) is 14.6. The van der Waals surface area contributed by atoms with Crippen molar-refractivity contribution in [2.45, 2.75) is 32.1 Å². The number of aromatic nitrogens is 3. The largest absolute Gasteiger partial charge is 0.507 e. The van der Waals surface area contributed by atoms with Gasteiger partial charge in [0.2, 0.25) is 0 Å². The summed E-state index contributed by atoms with van der Waals surface area (Å²) in [5.41, 5.74) is 2.71. The number of amides is 2.